The number of nitrogens with zero attached hydrogens (tertiary/aromatic N) is 3. The lowest BCUT2D eigenvalue weighted by atomic mass is 10.0. The van der Waals surface area contributed by atoms with Crippen molar-refractivity contribution in [2.75, 3.05) is 0 Å². The standard InChI is InChI=1S/C25H20N4O3S/c30-29(31)19-10-6-9-18(15-19)21-12-13-22(32-21)24-23(20-11-4-5-14-26-20)27-25(33)28(24)16-17-7-2-1-3-8-17/h1-15,23-24H,16H2,(H,27,33)/t23-,24-/m1/s1. The number of furan rings is 1. The Morgan fingerprint density at radius 1 is 1.03 bits per heavy atom. The van der Waals surface area contributed by atoms with E-state index in [9.17, 15) is 10.1 Å². The zero-order valence-corrected chi connectivity index (χ0v) is 18.3. The molecule has 0 saturated carbocycles. The summed E-state index contributed by atoms with van der Waals surface area (Å²) in [5.41, 5.74) is 2.65. The van der Waals surface area contributed by atoms with E-state index >= 15 is 0 Å². The molecular weight excluding hydrogens is 436 g/mol. The lowest BCUT2D eigenvalue weighted by molar-refractivity contribution is -0.384. The molecule has 1 saturated heterocycles. The van der Waals surface area contributed by atoms with Gasteiger partial charge in [0.2, 0.25) is 0 Å². The van der Waals surface area contributed by atoms with Gasteiger partial charge in [0.15, 0.2) is 5.11 Å². The summed E-state index contributed by atoms with van der Waals surface area (Å²) in [6.45, 7) is 0.605. The van der Waals surface area contributed by atoms with Gasteiger partial charge in [-0.25, -0.2) is 0 Å². The van der Waals surface area contributed by atoms with Crippen molar-refractivity contribution >= 4 is 23.0 Å². The van der Waals surface area contributed by atoms with E-state index in [1.165, 1.54) is 12.1 Å². The average Bonchev–Trinajstić information content (AvgIpc) is 3.45. The van der Waals surface area contributed by atoms with Crippen molar-refractivity contribution in [3.8, 4) is 11.3 Å². The zero-order chi connectivity index (χ0) is 22.8. The van der Waals surface area contributed by atoms with E-state index in [0.29, 0.717) is 28.7 Å². The second-order valence-corrected chi connectivity index (χ2v) is 8.14. The predicted molar refractivity (Wildman–Crippen MR) is 128 cm³/mol. The Bertz CT molecular complexity index is 1290. The molecule has 164 valence electrons. The molecule has 2 aromatic heterocycles. The summed E-state index contributed by atoms with van der Waals surface area (Å²) in [5, 5.41) is 15.2. The molecule has 0 amide bonds. The highest BCUT2D eigenvalue weighted by Gasteiger charge is 2.41. The van der Waals surface area contributed by atoms with Crippen LogP contribution < -0.4 is 5.32 Å². The molecule has 0 spiro atoms. The first-order valence-corrected chi connectivity index (χ1v) is 10.9. The second kappa shape index (κ2) is 8.84. The number of pyridine rings is 1. The van der Waals surface area contributed by atoms with Crippen LogP contribution in [0.3, 0.4) is 0 Å². The Hall–Kier alpha value is -4.04. The van der Waals surface area contributed by atoms with Crippen LogP contribution in [0.5, 0.6) is 0 Å². The topological polar surface area (TPSA) is 84.4 Å². The number of hydrogen-bond donors (Lipinski definition) is 1. The first-order chi connectivity index (χ1) is 16.1. The first-order valence-electron chi connectivity index (χ1n) is 10.5. The number of thiocarbonyl (C=S) groups is 1. The van der Waals surface area contributed by atoms with E-state index in [1.807, 2.05) is 48.5 Å². The van der Waals surface area contributed by atoms with Crippen molar-refractivity contribution in [1.82, 2.24) is 15.2 Å². The van der Waals surface area contributed by atoms with Gasteiger partial charge < -0.3 is 14.6 Å². The highest BCUT2D eigenvalue weighted by molar-refractivity contribution is 7.80. The van der Waals surface area contributed by atoms with Crippen LogP contribution in [-0.4, -0.2) is 19.9 Å². The van der Waals surface area contributed by atoms with Gasteiger partial charge in [0.1, 0.15) is 17.6 Å². The van der Waals surface area contributed by atoms with Gasteiger partial charge in [0, 0.05) is 30.4 Å². The van der Waals surface area contributed by atoms with Crippen LogP contribution in [0.2, 0.25) is 0 Å². The van der Waals surface area contributed by atoms with Crippen molar-refractivity contribution < 1.29 is 9.34 Å². The minimum Gasteiger partial charge on any atom is -0.459 e. The maximum Gasteiger partial charge on any atom is 0.270 e. The zero-order valence-electron chi connectivity index (χ0n) is 17.5. The van der Waals surface area contributed by atoms with Crippen LogP contribution in [0.15, 0.2) is 95.5 Å². The Morgan fingerprint density at radius 3 is 2.61 bits per heavy atom. The highest BCUT2D eigenvalue weighted by Crippen LogP contribution is 2.41. The summed E-state index contributed by atoms with van der Waals surface area (Å²) in [7, 11) is 0. The molecular formula is C25H20N4O3S. The van der Waals surface area contributed by atoms with Gasteiger partial charge in [0.05, 0.1) is 16.7 Å². The highest BCUT2D eigenvalue weighted by atomic mass is 32.1. The molecule has 0 radical (unpaired) electrons. The minimum atomic E-state index is -0.411. The molecule has 2 atom stereocenters. The maximum atomic E-state index is 11.2. The molecule has 4 aromatic rings. The predicted octanol–water partition coefficient (Wildman–Crippen LogP) is 5.42. The van der Waals surface area contributed by atoms with Gasteiger partial charge in [-0.15, -0.1) is 0 Å². The largest absolute Gasteiger partial charge is 0.459 e. The third kappa shape index (κ3) is 4.20. The van der Waals surface area contributed by atoms with E-state index < -0.39 is 4.92 Å². The van der Waals surface area contributed by atoms with Crippen molar-refractivity contribution in [2.24, 2.45) is 0 Å². The van der Waals surface area contributed by atoms with Crippen LogP contribution >= 0.6 is 12.2 Å². The first kappa shape index (κ1) is 20.8. The Morgan fingerprint density at radius 2 is 1.85 bits per heavy atom. The smallest absolute Gasteiger partial charge is 0.270 e. The SMILES string of the molecule is O=[N+]([O-])c1cccc(-c2ccc([C@@H]3[C@@H](c4ccccn4)NC(=S)N3Cc3ccccc3)o2)c1. The number of non-ortho nitro benzene ring substituents is 1. The number of rotatable bonds is 6. The Labute approximate surface area is 195 Å². The molecule has 33 heavy (non-hydrogen) atoms. The molecule has 1 aliphatic rings. The minimum absolute atomic E-state index is 0.0197. The van der Waals surface area contributed by atoms with E-state index in [1.54, 1.807) is 18.3 Å². The van der Waals surface area contributed by atoms with Gasteiger partial charge >= 0.3 is 0 Å². The van der Waals surface area contributed by atoms with Crippen molar-refractivity contribution in [1.29, 1.82) is 0 Å². The summed E-state index contributed by atoms with van der Waals surface area (Å²) in [6, 6.07) is 25.6. The Kier molecular flexibility index (Phi) is 5.58. The lowest BCUT2D eigenvalue weighted by Gasteiger charge is -2.26. The fourth-order valence-electron chi connectivity index (χ4n) is 4.10. The quantitative estimate of drug-likeness (QED) is 0.235. The summed E-state index contributed by atoms with van der Waals surface area (Å²) in [6.07, 6.45) is 1.76. The van der Waals surface area contributed by atoms with Crippen LogP contribution in [0.25, 0.3) is 11.3 Å². The Balaban J connectivity index is 1.53. The monoisotopic (exact) mass is 456 g/mol. The van der Waals surface area contributed by atoms with Gasteiger partial charge in [0.25, 0.3) is 5.69 Å². The van der Waals surface area contributed by atoms with Crippen LogP contribution in [0, 0.1) is 10.1 Å². The summed E-state index contributed by atoms with van der Waals surface area (Å²) in [4.78, 5) is 17.4. The molecule has 3 heterocycles. The van der Waals surface area contributed by atoms with E-state index in [2.05, 4.69) is 27.3 Å². The molecule has 0 aliphatic carbocycles. The lowest BCUT2D eigenvalue weighted by Crippen LogP contribution is -2.29. The fourth-order valence-corrected chi connectivity index (χ4v) is 4.41. The van der Waals surface area contributed by atoms with E-state index in [-0.39, 0.29) is 17.8 Å². The number of benzene rings is 2. The third-order valence-electron chi connectivity index (χ3n) is 5.65. The van der Waals surface area contributed by atoms with Gasteiger partial charge in [-0.05, 0) is 42.0 Å². The van der Waals surface area contributed by atoms with Crippen LogP contribution in [0.4, 0.5) is 5.69 Å². The van der Waals surface area contributed by atoms with Crippen LogP contribution in [-0.2, 0) is 6.54 Å². The number of nitro benzene ring substituents is 1. The van der Waals surface area contributed by atoms with Crippen molar-refractivity contribution in [2.45, 2.75) is 18.6 Å². The van der Waals surface area contributed by atoms with Gasteiger partial charge in [-0.3, -0.25) is 15.1 Å². The van der Waals surface area contributed by atoms with Crippen molar-refractivity contribution in [3.63, 3.8) is 0 Å². The number of hydrogen-bond acceptors (Lipinski definition) is 5. The van der Waals surface area contributed by atoms with Crippen LogP contribution in [0.1, 0.15) is 29.1 Å². The van der Waals surface area contributed by atoms with E-state index in [4.69, 9.17) is 16.6 Å². The van der Waals surface area contributed by atoms with Gasteiger partial charge in [-0.2, -0.15) is 0 Å². The summed E-state index contributed by atoms with van der Waals surface area (Å²) in [5.74, 6) is 1.27. The summed E-state index contributed by atoms with van der Waals surface area (Å²) >= 11 is 5.71. The molecule has 0 unspecified atom stereocenters. The molecule has 7 nitrogen and oxygen atoms in total. The average molecular weight is 457 g/mol. The molecule has 8 heteroatoms. The second-order valence-electron chi connectivity index (χ2n) is 7.75. The maximum absolute atomic E-state index is 11.2. The van der Waals surface area contributed by atoms with Gasteiger partial charge in [-0.1, -0.05) is 48.5 Å². The molecule has 1 fully saturated rings. The molecule has 5 rings (SSSR count). The molecule has 0 bridgehead atoms. The normalized spacial score (nSPS) is 17.7. The molecule has 1 aliphatic heterocycles. The fraction of sp³-hybridized carbons (Fsp3) is 0.120. The number of nitrogens with one attached hydrogen (secondary N) is 1. The number of aromatic nitrogens is 1. The van der Waals surface area contributed by atoms with Crippen molar-refractivity contribution in [3.05, 3.63) is 118 Å². The summed E-state index contributed by atoms with van der Waals surface area (Å²) < 4.78 is 6.26. The third-order valence-corrected chi connectivity index (χ3v) is 6.01. The molecule has 1 N–H and O–H groups in total. The number of nitro groups is 1. The molecule has 2 aromatic carbocycles. The van der Waals surface area contributed by atoms with E-state index in [0.717, 1.165) is 11.3 Å².